The fourth-order valence-corrected chi connectivity index (χ4v) is 1.89. The SMILES string of the molecule is CCC(C)CC(=O)Nc1ccc(C(=O)O)cc1Br. The van der Waals surface area contributed by atoms with Gasteiger partial charge in [-0.25, -0.2) is 4.79 Å². The van der Waals surface area contributed by atoms with Crippen LogP contribution in [0.15, 0.2) is 22.7 Å². The van der Waals surface area contributed by atoms with Gasteiger partial charge in [-0.15, -0.1) is 0 Å². The number of carboxylic acids is 1. The highest BCUT2D eigenvalue weighted by molar-refractivity contribution is 9.10. The summed E-state index contributed by atoms with van der Waals surface area (Å²) in [5.74, 6) is -0.719. The smallest absolute Gasteiger partial charge is 0.335 e. The third-order valence-electron chi connectivity index (χ3n) is 2.72. The van der Waals surface area contributed by atoms with Crippen molar-refractivity contribution in [3.63, 3.8) is 0 Å². The van der Waals surface area contributed by atoms with Crippen molar-refractivity contribution in [2.45, 2.75) is 26.7 Å². The summed E-state index contributed by atoms with van der Waals surface area (Å²) in [5.41, 5.74) is 0.773. The summed E-state index contributed by atoms with van der Waals surface area (Å²) >= 11 is 3.25. The first-order valence-electron chi connectivity index (χ1n) is 5.76. The molecule has 4 nitrogen and oxygen atoms in total. The van der Waals surface area contributed by atoms with Crippen molar-refractivity contribution in [2.24, 2.45) is 5.92 Å². The lowest BCUT2D eigenvalue weighted by molar-refractivity contribution is -0.117. The molecule has 0 spiro atoms. The summed E-state index contributed by atoms with van der Waals surface area (Å²) < 4.78 is 0.569. The molecule has 2 N–H and O–H groups in total. The molecule has 0 bridgehead atoms. The standard InChI is InChI=1S/C13H16BrNO3/c1-3-8(2)6-12(16)15-11-5-4-9(13(17)18)7-10(11)14/h4-5,7-8H,3,6H2,1-2H3,(H,15,16)(H,17,18). The zero-order valence-corrected chi connectivity index (χ0v) is 12.0. The van der Waals surface area contributed by atoms with Crippen molar-refractivity contribution < 1.29 is 14.7 Å². The molecule has 98 valence electrons. The summed E-state index contributed by atoms with van der Waals surface area (Å²) in [6.45, 7) is 4.05. The van der Waals surface area contributed by atoms with Crippen LogP contribution in [0.4, 0.5) is 5.69 Å². The molecule has 18 heavy (non-hydrogen) atoms. The quantitative estimate of drug-likeness (QED) is 0.874. The number of carboxylic acid groups (broad SMARTS) is 1. The van der Waals surface area contributed by atoms with Crippen molar-refractivity contribution in [1.29, 1.82) is 0 Å². The number of anilines is 1. The Morgan fingerprint density at radius 2 is 2.11 bits per heavy atom. The minimum atomic E-state index is -0.992. The molecule has 1 amide bonds. The molecule has 0 radical (unpaired) electrons. The van der Waals surface area contributed by atoms with E-state index in [-0.39, 0.29) is 11.5 Å². The number of amides is 1. The van der Waals surface area contributed by atoms with E-state index in [0.717, 1.165) is 6.42 Å². The molecule has 0 aliphatic carbocycles. The number of carbonyl (C=O) groups excluding carboxylic acids is 1. The average molecular weight is 314 g/mol. The van der Waals surface area contributed by atoms with E-state index in [1.165, 1.54) is 12.1 Å². The van der Waals surface area contributed by atoms with Crippen LogP contribution in [-0.2, 0) is 4.79 Å². The van der Waals surface area contributed by atoms with Crippen LogP contribution in [0, 0.1) is 5.92 Å². The minimum absolute atomic E-state index is 0.0619. The second kappa shape index (κ2) is 6.54. The van der Waals surface area contributed by atoms with Gasteiger partial charge in [0.05, 0.1) is 11.3 Å². The Morgan fingerprint density at radius 3 is 2.61 bits per heavy atom. The van der Waals surface area contributed by atoms with Crippen LogP contribution >= 0.6 is 15.9 Å². The van der Waals surface area contributed by atoms with Crippen LogP contribution in [0.1, 0.15) is 37.0 Å². The number of hydrogen-bond donors (Lipinski definition) is 2. The summed E-state index contributed by atoms with van der Waals surface area (Å²) in [7, 11) is 0. The molecule has 1 atom stereocenters. The zero-order valence-electron chi connectivity index (χ0n) is 10.4. The Labute approximate surface area is 115 Å². The van der Waals surface area contributed by atoms with Gasteiger partial charge in [-0.05, 0) is 40.0 Å². The summed E-state index contributed by atoms with van der Waals surface area (Å²) in [6.07, 6.45) is 1.41. The average Bonchev–Trinajstić information content (AvgIpc) is 2.31. The number of aromatic carboxylic acids is 1. The van der Waals surface area contributed by atoms with Gasteiger partial charge in [-0.1, -0.05) is 20.3 Å². The maximum absolute atomic E-state index is 11.7. The predicted molar refractivity (Wildman–Crippen MR) is 73.8 cm³/mol. The highest BCUT2D eigenvalue weighted by atomic mass is 79.9. The van der Waals surface area contributed by atoms with Crippen molar-refractivity contribution in [3.05, 3.63) is 28.2 Å². The fourth-order valence-electron chi connectivity index (χ4n) is 1.41. The molecule has 1 aromatic carbocycles. The highest BCUT2D eigenvalue weighted by Crippen LogP contribution is 2.24. The minimum Gasteiger partial charge on any atom is -0.478 e. The lowest BCUT2D eigenvalue weighted by atomic mass is 10.0. The van der Waals surface area contributed by atoms with Gasteiger partial charge in [0, 0.05) is 10.9 Å². The molecule has 1 aromatic rings. The van der Waals surface area contributed by atoms with Crippen molar-refractivity contribution >= 4 is 33.5 Å². The summed E-state index contributed by atoms with van der Waals surface area (Å²) in [5, 5.41) is 11.6. The number of nitrogens with one attached hydrogen (secondary N) is 1. The molecule has 0 saturated heterocycles. The molecule has 0 fully saturated rings. The molecular formula is C13H16BrNO3. The van der Waals surface area contributed by atoms with Gasteiger partial charge in [-0.2, -0.15) is 0 Å². The number of halogens is 1. The van der Waals surface area contributed by atoms with Gasteiger partial charge in [0.15, 0.2) is 0 Å². The highest BCUT2D eigenvalue weighted by Gasteiger charge is 2.11. The van der Waals surface area contributed by atoms with Crippen LogP contribution in [0.25, 0.3) is 0 Å². The maximum Gasteiger partial charge on any atom is 0.335 e. The van der Waals surface area contributed by atoms with Gasteiger partial charge in [0.1, 0.15) is 0 Å². The number of carbonyl (C=O) groups is 2. The predicted octanol–water partition coefficient (Wildman–Crippen LogP) is 3.52. The largest absolute Gasteiger partial charge is 0.478 e. The first-order valence-corrected chi connectivity index (χ1v) is 6.56. The molecule has 0 aromatic heterocycles. The lowest BCUT2D eigenvalue weighted by Gasteiger charge is -2.10. The first-order chi connectivity index (χ1) is 8.43. The molecule has 0 saturated carbocycles. The van der Waals surface area contributed by atoms with Crippen LogP contribution in [-0.4, -0.2) is 17.0 Å². The fraction of sp³-hybridized carbons (Fsp3) is 0.385. The monoisotopic (exact) mass is 313 g/mol. The van der Waals surface area contributed by atoms with Gasteiger partial charge >= 0.3 is 5.97 Å². The molecule has 0 aliphatic heterocycles. The zero-order chi connectivity index (χ0) is 13.7. The van der Waals surface area contributed by atoms with Gasteiger partial charge in [0.2, 0.25) is 5.91 Å². The van der Waals surface area contributed by atoms with E-state index in [0.29, 0.717) is 22.5 Å². The van der Waals surface area contributed by atoms with E-state index >= 15 is 0 Å². The molecule has 0 aliphatic rings. The van der Waals surface area contributed by atoms with E-state index in [1.807, 2.05) is 13.8 Å². The third-order valence-corrected chi connectivity index (χ3v) is 3.38. The summed E-state index contributed by atoms with van der Waals surface area (Å²) in [4.78, 5) is 22.5. The molecular weight excluding hydrogens is 298 g/mol. The Morgan fingerprint density at radius 1 is 1.44 bits per heavy atom. The van der Waals surface area contributed by atoms with E-state index in [2.05, 4.69) is 21.2 Å². The normalized spacial score (nSPS) is 11.9. The van der Waals surface area contributed by atoms with Crippen molar-refractivity contribution in [2.75, 3.05) is 5.32 Å². The molecule has 5 heteroatoms. The number of hydrogen-bond acceptors (Lipinski definition) is 2. The summed E-state index contributed by atoms with van der Waals surface area (Å²) in [6, 6.07) is 4.52. The lowest BCUT2D eigenvalue weighted by Crippen LogP contribution is -2.15. The Bertz CT molecular complexity index is 460. The van der Waals surface area contributed by atoms with Gasteiger partial charge < -0.3 is 10.4 Å². The Kier molecular flexibility index (Phi) is 5.34. The number of rotatable bonds is 5. The maximum atomic E-state index is 11.7. The van der Waals surface area contributed by atoms with Crippen molar-refractivity contribution in [3.8, 4) is 0 Å². The second-order valence-electron chi connectivity index (χ2n) is 4.27. The van der Waals surface area contributed by atoms with Crippen LogP contribution in [0.2, 0.25) is 0 Å². The molecule has 0 heterocycles. The van der Waals surface area contributed by atoms with Crippen LogP contribution in [0.5, 0.6) is 0 Å². The van der Waals surface area contributed by atoms with E-state index in [1.54, 1.807) is 6.07 Å². The molecule has 1 unspecified atom stereocenters. The molecule has 1 rings (SSSR count). The Hall–Kier alpha value is -1.36. The third kappa shape index (κ3) is 4.14. The first kappa shape index (κ1) is 14.7. The second-order valence-corrected chi connectivity index (χ2v) is 5.12. The van der Waals surface area contributed by atoms with Crippen molar-refractivity contribution in [1.82, 2.24) is 0 Å². The van der Waals surface area contributed by atoms with Gasteiger partial charge in [0.25, 0.3) is 0 Å². The van der Waals surface area contributed by atoms with E-state index < -0.39 is 5.97 Å². The van der Waals surface area contributed by atoms with Gasteiger partial charge in [-0.3, -0.25) is 4.79 Å². The van der Waals surface area contributed by atoms with Crippen LogP contribution < -0.4 is 5.32 Å². The Balaban J connectivity index is 2.74. The van der Waals surface area contributed by atoms with Crippen LogP contribution in [0.3, 0.4) is 0 Å². The topological polar surface area (TPSA) is 66.4 Å². The van der Waals surface area contributed by atoms with E-state index in [4.69, 9.17) is 5.11 Å². The van der Waals surface area contributed by atoms with E-state index in [9.17, 15) is 9.59 Å². The number of benzene rings is 1.